The van der Waals surface area contributed by atoms with Crippen molar-refractivity contribution in [3.8, 4) is 0 Å². The maximum atomic E-state index is 14.0. The van der Waals surface area contributed by atoms with Gasteiger partial charge in [-0.1, -0.05) is 34.1 Å². The van der Waals surface area contributed by atoms with Gasteiger partial charge >= 0.3 is 12.1 Å². The molecule has 0 spiro atoms. The van der Waals surface area contributed by atoms with Crippen LogP contribution in [-0.2, 0) is 5.60 Å². The summed E-state index contributed by atoms with van der Waals surface area (Å²) in [5.41, 5.74) is -4.93. The van der Waals surface area contributed by atoms with E-state index in [0.717, 1.165) is 18.4 Å². The van der Waals surface area contributed by atoms with E-state index in [9.17, 15) is 27.1 Å². The Kier molecular flexibility index (Phi) is 3.88. The minimum Gasteiger partial charge on any atom is -0.472 e. The number of hydrogen-bond donors (Lipinski definition) is 1. The molecule has 21 heavy (non-hydrogen) atoms. The minimum absolute atomic E-state index is 0.0855. The van der Waals surface area contributed by atoms with Gasteiger partial charge in [-0.25, -0.2) is 0 Å². The van der Waals surface area contributed by atoms with Gasteiger partial charge in [-0.15, -0.1) is 0 Å². The van der Waals surface area contributed by atoms with Gasteiger partial charge in [-0.3, -0.25) is 0 Å². The minimum atomic E-state index is -5.95. The van der Waals surface area contributed by atoms with Gasteiger partial charge < -0.3 is 9.52 Å². The Morgan fingerprint density at radius 1 is 1.00 bits per heavy atom. The molecule has 114 valence electrons. The third kappa shape index (κ3) is 2.36. The molecule has 1 atom stereocenters. The molecule has 0 aliphatic rings. The Hall–Kier alpha value is -1.41. The molecule has 1 heterocycles. The lowest BCUT2D eigenvalue weighted by Crippen LogP contribution is -2.55. The van der Waals surface area contributed by atoms with E-state index in [-0.39, 0.29) is 4.47 Å². The molecule has 0 saturated heterocycles. The predicted octanol–water partition coefficient (Wildman–Crippen LogP) is 4.48. The summed E-state index contributed by atoms with van der Waals surface area (Å²) >= 11 is 2.89. The summed E-state index contributed by atoms with van der Waals surface area (Å²) in [7, 11) is 0. The van der Waals surface area contributed by atoms with Crippen molar-refractivity contribution in [1.29, 1.82) is 0 Å². The summed E-state index contributed by atoms with van der Waals surface area (Å²) in [4.78, 5) is 0. The molecule has 2 nitrogen and oxygen atoms in total. The third-order valence-corrected chi connectivity index (χ3v) is 3.70. The fourth-order valence-corrected chi connectivity index (χ4v) is 2.51. The first kappa shape index (κ1) is 16.0. The van der Waals surface area contributed by atoms with Crippen LogP contribution in [0.25, 0.3) is 0 Å². The molecule has 2 rings (SSSR count). The summed E-state index contributed by atoms with van der Waals surface area (Å²) in [6.45, 7) is 0. The standard InChI is InChI=1S/C13H8BrF5O2/c14-10-4-2-1-3-9(10)11(20,8-5-6-21-7-8)12(15,16)13(17,18)19/h1-7,20H. The monoisotopic (exact) mass is 370 g/mol. The van der Waals surface area contributed by atoms with Crippen molar-refractivity contribution in [2.24, 2.45) is 0 Å². The fraction of sp³-hybridized carbons (Fsp3) is 0.231. The second kappa shape index (κ2) is 5.10. The molecule has 0 radical (unpaired) electrons. The summed E-state index contributed by atoms with van der Waals surface area (Å²) in [6, 6.07) is 5.77. The Bertz CT molecular complexity index is 624. The second-order valence-electron chi connectivity index (χ2n) is 4.27. The lowest BCUT2D eigenvalue weighted by atomic mass is 9.82. The predicted molar refractivity (Wildman–Crippen MR) is 66.9 cm³/mol. The van der Waals surface area contributed by atoms with Crippen LogP contribution in [0, 0.1) is 0 Å². The molecule has 0 saturated carbocycles. The van der Waals surface area contributed by atoms with Gasteiger partial charge in [0, 0.05) is 15.6 Å². The molecule has 1 unspecified atom stereocenters. The van der Waals surface area contributed by atoms with E-state index < -0.39 is 28.8 Å². The van der Waals surface area contributed by atoms with E-state index >= 15 is 0 Å². The Labute approximate surface area is 124 Å². The normalized spacial score (nSPS) is 15.8. The number of benzene rings is 1. The van der Waals surface area contributed by atoms with Crippen LogP contribution < -0.4 is 0 Å². The van der Waals surface area contributed by atoms with E-state index in [0.29, 0.717) is 6.26 Å². The highest BCUT2D eigenvalue weighted by Gasteiger charge is 2.71. The SMILES string of the molecule is OC(c1ccoc1)(c1ccccc1Br)C(F)(F)C(F)(F)F. The molecule has 1 N–H and O–H groups in total. The topological polar surface area (TPSA) is 33.4 Å². The molecule has 1 aromatic carbocycles. The van der Waals surface area contributed by atoms with E-state index in [4.69, 9.17) is 0 Å². The average Bonchev–Trinajstić information content (AvgIpc) is 2.91. The van der Waals surface area contributed by atoms with Crippen molar-refractivity contribution in [2.75, 3.05) is 0 Å². The molecule has 0 aliphatic carbocycles. The van der Waals surface area contributed by atoms with Crippen LogP contribution in [-0.4, -0.2) is 17.2 Å². The maximum absolute atomic E-state index is 14.0. The Morgan fingerprint density at radius 3 is 2.10 bits per heavy atom. The van der Waals surface area contributed by atoms with E-state index in [2.05, 4.69) is 20.3 Å². The Morgan fingerprint density at radius 2 is 1.62 bits per heavy atom. The van der Waals surface area contributed by atoms with Crippen molar-refractivity contribution < 1.29 is 31.5 Å². The van der Waals surface area contributed by atoms with Gasteiger partial charge in [-0.05, 0) is 12.1 Å². The molecule has 2 aromatic rings. The number of furan rings is 1. The highest BCUT2D eigenvalue weighted by molar-refractivity contribution is 9.10. The highest BCUT2D eigenvalue weighted by atomic mass is 79.9. The van der Waals surface area contributed by atoms with Crippen molar-refractivity contribution >= 4 is 15.9 Å². The van der Waals surface area contributed by atoms with Gasteiger partial charge in [-0.2, -0.15) is 22.0 Å². The number of hydrogen-bond acceptors (Lipinski definition) is 2. The molecule has 0 bridgehead atoms. The largest absolute Gasteiger partial charge is 0.472 e. The first-order valence-electron chi connectivity index (χ1n) is 5.57. The van der Waals surface area contributed by atoms with Crippen LogP contribution in [0.2, 0.25) is 0 Å². The van der Waals surface area contributed by atoms with Crippen LogP contribution in [0.3, 0.4) is 0 Å². The second-order valence-corrected chi connectivity index (χ2v) is 5.13. The highest BCUT2D eigenvalue weighted by Crippen LogP contribution is 2.53. The van der Waals surface area contributed by atoms with Gasteiger partial charge in [0.2, 0.25) is 0 Å². The summed E-state index contributed by atoms with van der Waals surface area (Å²) in [5.74, 6) is -5.42. The summed E-state index contributed by atoms with van der Waals surface area (Å²) in [6.07, 6.45) is -4.39. The first-order valence-corrected chi connectivity index (χ1v) is 6.36. The molecule has 0 aliphatic heterocycles. The van der Waals surface area contributed by atoms with Gasteiger partial charge in [0.25, 0.3) is 0 Å². The van der Waals surface area contributed by atoms with Crippen LogP contribution >= 0.6 is 15.9 Å². The molecule has 8 heteroatoms. The lowest BCUT2D eigenvalue weighted by Gasteiger charge is -2.37. The van der Waals surface area contributed by atoms with Gasteiger partial charge in [0.15, 0.2) is 5.60 Å². The summed E-state index contributed by atoms with van der Waals surface area (Å²) < 4.78 is 70.8. The van der Waals surface area contributed by atoms with E-state index in [1.165, 1.54) is 18.2 Å². The third-order valence-electron chi connectivity index (χ3n) is 3.01. The average molecular weight is 371 g/mol. The maximum Gasteiger partial charge on any atom is 0.457 e. The zero-order valence-electron chi connectivity index (χ0n) is 10.2. The molecule has 0 amide bonds. The van der Waals surface area contributed by atoms with Crippen molar-refractivity contribution in [2.45, 2.75) is 17.7 Å². The molecular weight excluding hydrogens is 363 g/mol. The van der Waals surface area contributed by atoms with Crippen LogP contribution in [0.1, 0.15) is 11.1 Å². The quantitative estimate of drug-likeness (QED) is 0.808. The number of halogens is 6. The number of rotatable bonds is 3. The lowest BCUT2D eigenvalue weighted by molar-refractivity contribution is -0.336. The van der Waals surface area contributed by atoms with Crippen molar-refractivity contribution in [3.63, 3.8) is 0 Å². The molecule has 1 aromatic heterocycles. The zero-order valence-corrected chi connectivity index (χ0v) is 11.8. The smallest absolute Gasteiger partial charge is 0.457 e. The van der Waals surface area contributed by atoms with Gasteiger partial charge in [0.05, 0.1) is 12.5 Å². The van der Waals surface area contributed by atoms with E-state index in [1.54, 1.807) is 0 Å². The van der Waals surface area contributed by atoms with Crippen LogP contribution in [0.5, 0.6) is 0 Å². The van der Waals surface area contributed by atoms with Crippen molar-refractivity contribution in [1.82, 2.24) is 0 Å². The van der Waals surface area contributed by atoms with Gasteiger partial charge in [0.1, 0.15) is 0 Å². The number of alkyl halides is 5. The molecular formula is C13H8BrF5O2. The Balaban J connectivity index is 2.77. The zero-order chi connectivity index (χ0) is 15.9. The molecule has 0 fully saturated rings. The fourth-order valence-electron chi connectivity index (χ4n) is 1.94. The van der Waals surface area contributed by atoms with E-state index in [1.807, 2.05) is 0 Å². The van der Waals surface area contributed by atoms with Crippen LogP contribution in [0.4, 0.5) is 22.0 Å². The summed E-state index contributed by atoms with van der Waals surface area (Å²) in [5, 5.41) is 10.3. The first-order chi connectivity index (χ1) is 9.62. The number of aliphatic hydroxyl groups is 1. The van der Waals surface area contributed by atoms with Crippen LogP contribution in [0.15, 0.2) is 51.7 Å². The van der Waals surface area contributed by atoms with Crippen molar-refractivity contribution in [3.05, 3.63) is 58.5 Å².